The number of rotatable bonds is 4. The van der Waals surface area contributed by atoms with Gasteiger partial charge < -0.3 is 4.57 Å². The summed E-state index contributed by atoms with van der Waals surface area (Å²) >= 11 is 1.70. The van der Waals surface area contributed by atoms with E-state index in [1.807, 2.05) is 24.0 Å². The van der Waals surface area contributed by atoms with Gasteiger partial charge in [0.1, 0.15) is 12.2 Å². The van der Waals surface area contributed by atoms with Gasteiger partial charge in [0.2, 0.25) is 0 Å². The van der Waals surface area contributed by atoms with E-state index in [-0.39, 0.29) is 0 Å². The van der Waals surface area contributed by atoms with Gasteiger partial charge in [-0.2, -0.15) is 0 Å². The van der Waals surface area contributed by atoms with Crippen LogP contribution in [0.3, 0.4) is 0 Å². The van der Waals surface area contributed by atoms with Gasteiger partial charge in [-0.05, 0) is 14.0 Å². The fourth-order valence-electron chi connectivity index (χ4n) is 1.47. The largest absolute Gasteiger partial charge is 0.320 e. The summed E-state index contributed by atoms with van der Waals surface area (Å²) in [6.45, 7) is 3.75. The van der Waals surface area contributed by atoms with Crippen molar-refractivity contribution in [2.45, 2.75) is 20.0 Å². The average Bonchev–Trinajstić information content (AvgIpc) is 2.79. The van der Waals surface area contributed by atoms with Crippen molar-refractivity contribution in [2.75, 3.05) is 7.05 Å². The van der Waals surface area contributed by atoms with Gasteiger partial charge in [-0.3, -0.25) is 4.90 Å². The summed E-state index contributed by atoms with van der Waals surface area (Å²) in [5.41, 5.74) is 3.01. The summed E-state index contributed by atoms with van der Waals surface area (Å²) in [6, 6.07) is 0. The molecule has 0 fully saturated rings. The Bertz CT molecular complexity index is 419. The van der Waals surface area contributed by atoms with Crippen LogP contribution in [-0.2, 0) is 20.1 Å². The van der Waals surface area contributed by atoms with Crippen LogP contribution in [0.5, 0.6) is 0 Å². The molecule has 0 N–H and O–H groups in total. The summed E-state index contributed by atoms with van der Waals surface area (Å²) in [6.07, 6.45) is 1.72. The van der Waals surface area contributed by atoms with E-state index in [1.54, 1.807) is 17.7 Å². The highest BCUT2D eigenvalue weighted by Gasteiger charge is 2.08. The lowest BCUT2D eigenvalue weighted by Crippen LogP contribution is -2.19. The van der Waals surface area contributed by atoms with E-state index >= 15 is 0 Å². The number of hydrogen-bond acceptors (Lipinski definition) is 5. The highest BCUT2D eigenvalue weighted by Crippen LogP contribution is 2.14. The van der Waals surface area contributed by atoms with Gasteiger partial charge in [-0.25, -0.2) is 4.98 Å². The van der Waals surface area contributed by atoms with Gasteiger partial charge in [-0.15, -0.1) is 21.5 Å². The van der Waals surface area contributed by atoms with Crippen LogP contribution in [0.1, 0.15) is 16.4 Å². The van der Waals surface area contributed by atoms with Crippen molar-refractivity contribution < 1.29 is 0 Å². The minimum absolute atomic E-state index is 0.799. The molecule has 0 spiro atoms. The van der Waals surface area contributed by atoms with Gasteiger partial charge in [0.15, 0.2) is 0 Å². The molecule has 0 radical (unpaired) electrons. The Kier molecular flexibility index (Phi) is 3.31. The zero-order valence-corrected chi connectivity index (χ0v) is 10.5. The lowest BCUT2D eigenvalue weighted by atomic mass is 10.3. The molecule has 86 valence electrons. The molecule has 0 atom stereocenters. The van der Waals surface area contributed by atoms with E-state index < -0.39 is 0 Å². The number of aromatic nitrogens is 4. The highest BCUT2D eigenvalue weighted by atomic mass is 32.1. The molecule has 2 aromatic rings. The van der Waals surface area contributed by atoms with Crippen LogP contribution in [0.15, 0.2) is 11.8 Å². The normalized spacial score (nSPS) is 11.2. The molecular formula is C10H15N5S. The first-order valence-electron chi connectivity index (χ1n) is 5.07. The van der Waals surface area contributed by atoms with Crippen LogP contribution >= 0.6 is 11.3 Å². The first-order chi connectivity index (χ1) is 7.66. The molecule has 0 aliphatic rings. The Morgan fingerprint density at radius 2 is 2.25 bits per heavy atom. The Morgan fingerprint density at radius 1 is 1.44 bits per heavy atom. The van der Waals surface area contributed by atoms with Crippen molar-refractivity contribution in [3.05, 3.63) is 28.2 Å². The molecule has 0 aliphatic heterocycles. The second kappa shape index (κ2) is 4.71. The monoisotopic (exact) mass is 237 g/mol. The van der Waals surface area contributed by atoms with Gasteiger partial charge >= 0.3 is 0 Å². The minimum atomic E-state index is 0.799. The molecule has 0 aromatic carbocycles. The van der Waals surface area contributed by atoms with Gasteiger partial charge in [0.25, 0.3) is 0 Å². The SMILES string of the molecule is Cc1ncsc1CN(C)Cc1nncn1C. The fraction of sp³-hybridized carbons (Fsp3) is 0.500. The molecule has 0 bridgehead atoms. The molecule has 2 heterocycles. The molecule has 16 heavy (non-hydrogen) atoms. The fourth-order valence-corrected chi connectivity index (χ4v) is 2.33. The Hall–Kier alpha value is -1.27. The maximum absolute atomic E-state index is 4.24. The van der Waals surface area contributed by atoms with Crippen molar-refractivity contribution in [3.63, 3.8) is 0 Å². The zero-order chi connectivity index (χ0) is 11.5. The third-order valence-electron chi connectivity index (χ3n) is 2.47. The molecule has 0 saturated heterocycles. The van der Waals surface area contributed by atoms with Crippen LogP contribution in [0.4, 0.5) is 0 Å². The van der Waals surface area contributed by atoms with E-state index in [9.17, 15) is 0 Å². The van der Waals surface area contributed by atoms with E-state index in [0.717, 1.165) is 24.6 Å². The molecule has 0 unspecified atom stereocenters. The van der Waals surface area contributed by atoms with Gasteiger partial charge in [0.05, 0.1) is 17.7 Å². The standard InChI is InChI=1S/C10H15N5S/c1-8-9(16-7-11-8)4-14(2)5-10-13-12-6-15(10)3/h6-7H,4-5H2,1-3H3. The summed E-state index contributed by atoms with van der Waals surface area (Å²) in [5.74, 6) is 0.977. The smallest absolute Gasteiger partial charge is 0.146 e. The zero-order valence-electron chi connectivity index (χ0n) is 9.71. The third-order valence-corrected chi connectivity index (χ3v) is 3.39. The predicted octanol–water partition coefficient (Wildman–Crippen LogP) is 1.21. The first-order valence-corrected chi connectivity index (χ1v) is 5.95. The number of nitrogens with zero attached hydrogens (tertiary/aromatic N) is 5. The summed E-state index contributed by atoms with van der Waals surface area (Å²) in [5, 5.41) is 7.93. The number of thiazole rings is 1. The molecule has 0 aliphatic carbocycles. The molecule has 5 nitrogen and oxygen atoms in total. The van der Waals surface area contributed by atoms with E-state index in [2.05, 4.69) is 27.1 Å². The predicted molar refractivity (Wildman–Crippen MR) is 63.0 cm³/mol. The Labute approximate surface area is 98.8 Å². The van der Waals surface area contributed by atoms with Gasteiger partial charge in [-0.1, -0.05) is 0 Å². The van der Waals surface area contributed by atoms with Crippen LogP contribution < -0.4 is 0 Å². The van der Waals surface area contributed by atoms with Crippen LogP contribution in [0.25, 0.3) is 0 Å². The minimum Gasteiger partial charge on any atom is -0.320 e. The lowest BCUT2D eigenvalue weighted by Gasteiger charge is -2.14. The quantitative estimate of drug-likeness (QED) is 0.802. The number of hydrogen-bond donors (Lipinski definition) is 0. The topological polar surface area (TPSA) is 46.8 Å². The van der Waals surface area contributed by atoms with E-state index in [0.29, 0.717) is 0 Å². The van der Waals surface area contributed by atoms with Crippen molar-refractivity contribution in [1.82, 2.24) is 24.6 Å². The maximum Gasteiger partial charge on any atom is 0.146 e. The number of aryl methyl sites for hydroxylation is 2. The molecule has 6 heteroatoms. The molecular weight excluding hydrogens is 222 g/mol. The molecule has 0 saturated carbocycles. The molecule has 2 rings (SSSR count). The van der Waals surface area contributed by atoms with Crippen molar-refractivity contribution in [3.8, 4) is 0 Å². The van der Waals surface area contributed by atoms with Crippen LogP contribution in [-0.4, -0.2) is 31.7 Å². The van der Waals surface area contributed by atoms with E-state index in [4.69, 9.17) is 0 Å². The Balaban J connectivity index is 1.97. The van der Waals surface area contributed by atoms with Crippen molar-refractivity contribution >= 4 is 11.3 Å². The summed E-state index contributed by atoms with van der Waals surface area (Å²) in [4.78, 5) is 7.77. The first kappa shape index (κ1) is 11.2. The van der Waals surface area contributed by atoms with E-state index in [1.165, 1.54) is 4.88 Å². The van der Waals surface area contributed by atoms with Gasteiger partial charge in [0, 0.05) is 18.5 Å². The second-order valence-electron chi connectivity index (χ2n) is 3.89. The molecule has 2 aromatic heterocycles. The lowest BCUT2D eigenvalue weighted by molar-refractivity contribution is 0.308. The van der Waals surface area contributed by atoms with Crippen LogP contribution in [0, 0.1) is 6.92 Å². The van der Waals surface area contributed by atoms with Crippen molar-refractivity contribution in [1.29, 1.82) is 0 Å². The molecule has 0 amide bonds. The third kappa shape index (κ3) is 2.45. The summed E-state index contributed by atoms with van der Waals surface area (Å²) in [7, 11) is 4.04. The second-order valence-corrected chi connectivity index (χ2v) is 4.83. The van der Waals surface area contributed by atoms with Crippen LogP contribution in [0.2, 0.25) is 0 Å². The maximum atomic E-state index is 4.24. The summed E-state index contributed by atoms with van der Waals surface area (Å²) < 4.78 is 1.94. The van der Waals surface area contributed by atoms with Crippen molar-refractivity contribution in [2.24, 2.45) is 7.05 Å². The highest BCUT2D eigenvalue weighted by molar-refractivity contribution is 7.09. The Morgan fingerprint density at radius 3 is 2.81 bits per heavy atom. The average molecular weight is 237 g/mol.